The molecule has 0 saturated carbocycles. The van der Waals surface area contributed by atoms with Crippen molar-refractivity contribution >= 4 is 44.4 Å². The molecule has 2 rings (SSSR count). The van der Waals surface area contributed by atoms with Gasteiger partial charge in [-0.1, -0.05) is 22.9 Å². The van der Waals surface area contributed by atoms with Gasteiger partial charge in [0.2, 0.25) is 0 Å². The number of piperidine rings is 1. The van der Waals surface area contributed by atoms with E-state index in [1.165, 1.54) is 0 Å². The molecular formula is C15H20BrIN2O. The van der Waals surface area contributed by atoms with E-state index in [2.05, 4.69) is 50.8 Å². The number of benzene rings is 1. The topological polar surface area (TPSA) is 32.3 Å². The average Bonchev–Trinajstić information content (AvgIpc) is 2.47. The summed E-state index contributed by atoms with van der Waals surface area (Å²) >= 11 is 5.68. The highest BCUT2D eigenvalue weighted by atomic mass is 127. The molecule has 1 saturated heterocycles. The van der Waals surface area contributed by atoms with Gasteiger partial charge in [0.15, 0.2) is 0 Å². The predicted molar refractivity (Wildman–Crippen MR) is 94.0 cm³/mol. The van der Waals surface area contributed by atoms with E-state index in [1.54, 1.807) is 0 Å². The van der Waals surface area contributed by atoms with Gasteiger partial charge < -0.3 is 10.2 Å². The number of amides is 1. The highest BCUT2D eigenvalue weighted by Crippen LogP contribution is 2.23. The average molecular weight is 451 g/mol. The Morgan fingerprint density at radius 2 is 2.15 bits per heavy atom. The normalized spacial score (nSPS) is 16.4. The Morgan fingerprint density at radius 3 is 2.80 bits per heavy atom. The summed E-state index contributed by atoms with van der Waals surface area (Å²) in [7, 11) is 0. The fraction of sp³-hybridized carbons (Fsp3) is 0.533. The second-order valence-corrected chi connectivity index (χ2v) is 7.25. The minimum Gasteiger partial charge on any atom is -0.339 e. The predicted octanol–water partition coefficient (Wildman–Crippen LogP) is 3.52. The van der Waals surface area contributed by atoms with Crippen molar-refractivity contribution < 1.29 is 4.79 Å². The van der Waals surface area contributed by atoms with Crippen LogP contribution in [0.2, 0.25) is 0 Å². The van der Waals surface area contributed by atoms with Crippen LogP contribution in [0.5, 0.6) is 0 Å². The first kappa shape index (κ1) is 16.2. The molecule has 0 radical (unpaired) electrons. The highest BCUT2D eigenvalue weighted by Gasteiger charge is 2.24. The van der Waals surface area contributed by atoms with Crippen LogP contribution in [0.15, 0.2) is 22.7 Å². The first-order chi connectivity index (χ1) is 9.61. The van der Waals surface area contributed by atoms with Crippen LogP contribution in [0.1, 0.15) is 30.1 Å². The molecule has 0 aliphatic carbocycles. The number of halogens is 2. The van der Waals surface area contributed by atoms with Crippen LogP contribution >= 0.6 is 38.5 Å². The molecule has 0 atom stereocenters. The maximum atomic E-state index is 12.6. The van der Waals surface area contributed by atoms with Crippen molar-refractivity contribution in [3.8, 4) is 0 Å². The Kier molecular flexibility index (Phi) is 6.29. The molecule has 0 spiro atoms. The molecule has 5 heteroatoms. The number of hydrogen-bond donors (Lipinski definition) is 1. The molecule has 3 nitrogen and oxygen atoms in total. The van der Waals surface area contributed by atoms with Gasteiger partial charge in [0.05, 0.1) is 5.56 Å². The van der Waals surface area contributed by atoms with E-state index < -0.39 is 0 Å². The van der Waals surface area contributed by atoms with Gasteiger partial charge in [0.25, 0.3) is 5.91 Å². The highest BCUT2D eigenvalue weighted by molar-refractivity contribution is 14.1. The van der Waals surface area contributed by atoms with E-state index >= 15 is 0 Å². The molecule has 20 heavy (non-hydrogen) atoms. The Hall–Kier alpha value is -0.140. The Morgan fingerprint density at radius 1 is 1.45 bits per heavy atom. The van der Waals surface area contributed by atoms with E-state index in [0.29, 0.717) is 5.92 Å². The Labute approximate surface area is 142 Å². The monoisotopic (exact) mass is 450 g/mol. The quantitative estimate of drug-likeness (QED) is 0.712. The van der Waals surface area contributed by atoms with Crippen LogP contribution in [-0.4, -0.2) is 37.0 Å². The van der Waals surface area contributed by atoms with E-state index in [0.717, 1.165) is 52.6 Å². The SMILES string of the molecule is CCNCC1CCN(C(=O)c2cc(Br)ccc2I)CC1. The van der Waals surface area contributed by atoms with Gasteiger partial charge in [-0.3, -0.25) is 4.79 Å². The second-order valence-electron chi connectivity index (χ2n) is 5.17. The zero-order valence-corrected chi connectivity index (χ0v) is 15.4. The first-order valence-corrected chi connectivity index (χ1v) is 8.94. The van der Waals surface area contributed by atoms with Gasteiger partial charge in [-0.25, -0.2) is 0 Å². The maximum absolute atomic E-state index is 12.6. The standard InChI is InChI=1S/C15H20BrIN2O/c1-2-18-10-11-5-7-19(8-6-11)15(20)13-9-12(16)3-4-14(13)17/h3-4,9,11,18H,2,5-8,10H2,1H3. The van der Waals surface area contributed by atoms with Gasteiger partial charge in [-0.2, -0.15) is 0 Å². The fourth-order valence-electron chi connectivity index (χ4n) is 2.52. The molecule has 1 aliphatic rings. The van der Waals surface area contributed by atoms with Crippen molar-refractivity contribution in [1.82, 2.24) is 10.2 Å². The van der Waals surface area contributed by atoms with Crippen LogP contribution in [0.4, 0.5) is 0 Å². The van der Waals surface area contributed by atoms with E-state index in [1.807, 2.05) is 23.1 Å². The summed E-state index contributed by atoms with van der Waals surface area (Å²) in [6.07, 6.45) is 2.20. The third-order valence-electron chi connectivity index (χ3n) is 3.74. The molecule has 1 fully saturated rings. The van der Waals surface area contributed by atoms with Crippen LogP contribution < -0.4 is 5.32 Å². The maximum Gasteiger partial charge on any atom is 0.254 e. The molecular weight excluding hydrogens is 431 g/mol. The lowest BCUT2D eigenvalue weighted by Crippen LogP contribution is -2.41. The first-order valence-electron chi connectivity index (χ1n) is 7.07. The van der Waals surface area contributed by atoms with Crippen molar-refractivity contribution in [3.63, 3.8) is 0 Å². The minimum absolute atomic E-state index is 0.164. The summed E-state index contributed by atoms with van der Waals surface area (Å²) in [4.78, 5) is 14.6. The van der Waals surface area contributed by atoms with Crippen LogP contribution in [0.25, 0.3) is 0 Å². The molecule has 0 aromatic heterocycles. The molecule has 0 unspecified atom stereocenters. The van der Waals surface area contributed by atoms with Gasteiger partial charge in [0.1, 0.15) is 0 Å². The lowest BCUT2D eigenvalue weighted by atomic mass is 9.96. The lowest BCUT2D eigenvalue weighted by Gasteiger charge is -2.32. The summed E-state index contributed by atoms with van der Waals surface area (Å²) in [5.74, 6) is 0.873. The van der Waals surface area contributed by atoms with E-state index in [-0.39, 0.29) is 5.91 Å². The largest absolute Gasteiger partial charge is 0.339 e. The zero-order chi connectivity index (χ0) is 14.5. The van der Waals surface area contributed by atoms with Crippen LogP contribution in [0.3, 0.4) is 0 Å². The Balaban J connectivity index is 1.96. The molecule has 1 heterocycles. The van der Waals surface area contributed by atoms with Gasteiger partial charge in [0, 0.05) is 21.1 Å². The molecule has 0 bridgehead atoms. The number of carbonyl (C=O) groups excluding carboxylic acids is 1. The zero-order valence-electron chi connectivity index (χ0n) is 11.7. The third-order valence-corrected chi connectivity index (χ3v) is 5.18. The number of nitrogens with one attached hydrogen (secondary N) is 1. The summed E-state index contributed by atoms with van der Waals surface area (Å²) in [6, 6.07) is 5.88. The Bertz CT molecular complexity index is 473. The second kappa shape index (κ2) is 7.75. The number of likely N-dealkylation sites (tertiary alicyclic amines) is 1. The summed E-state index contributed by atoms with van der Waals surface area (Å²) < 4.78 is 1.98. The summed E-state index contributed by atoms with van der Waals surface area (Å²) in [5.41, 5.74) is 0.810. The molecule has 1 aromatic rings. The van der Waals surface area contributed by atoms with Crippen LogP contribution in [0, 0.1) is 9.49 Å². The van der Waals surface area contributed by atoms with E-state index in [9.17, 15) is 4.79 Å². The van der Waals surface area contributed by atoms with Crippen molar-refractivity contribution in [3.05, 3.63) is 31.8 Å². The third kappa shape index (κ3) is 4.18. The van der Waals surface area contributed by atoms with Crippen molar-refractivity contribution in [2.24, 2.45) is 5.92 Å². The summed E-state index contributed by atoms with van der Waals surface area (Å²) in [5, 5.41) is 3.40. The molecule has 1 aromatic carbocycles. The minimum atomic E-state index is 0.164. The number of nitrogens with zero attached hydrogens (tertiary/aromatic N) is 1. The van der Waals surface area contributed by atoms with Gasteiger partial charge in [-0.15, -0.1) is 0 Å². The molecule has 1 amide bonds. The van der Waals surface area contributed by atoms with Crippen molar-refractivity contribution in [2.45, 2.75) is 19.8 Å². The number of rotatable bonds is 4. The number of hydrogen-bond acceptors (Lipinski definition) is 2. The van der Waals surface area contributed by atoms with Gasteiger partial charge >= 0.3 is 0 Å². The lowest BCUT2D eigenvalue weighted by molar-refractivity contribution is 0.0689. The molecule has 1 aliphatic heterocycles. The fourth-order valence-corrected chi connectivity index (χ4v) is 3.45. The summed E-state index contributed by atoms with van der Waals surface area (Å²) in [6.45, 7) is 5.98. The van der Waals surface area contributed by atoms with Crippen molar-refractivity contribution in [1.29, 1.82) is 0 Å². The van der Waals surface area contributed by atoms with Crippen LogP contribution in [-0.2, 0) is 0 Å². The molecule has 110 valence electrons. The number of carbonyl (C=O) groups is 1. The van der Waals surface area contributed by atoms with Gasteiger partial charge in [-0.05, 0) is 72.6 Å². The van der Waals surface area contributed by atoms with Crippen molar-refractivity contribution in [2.75, 3.05) is 26.2 Å². The smallest absolute Gasteiger partial charge is 0.254 e. The molecule has 1 N–H and O–H groups in total. The van der Waals surface area contributed by atoms with E-state index in [4.69, 9.17) is 0 Å².